The van der Waals surface area contributed by atoms with Gasteiger partial charge in [-0.15, -0.1) is 0 Å². The van der Waals surface area contributed by atoms with Crippen LogP contribution in [0.4, 0.5) is 0 Å². The average Bonchev–Trinajstić information content (AvgIpc) is 2.02. The van der Waals surface area contributed by atoms with Crippen molar-refractivity contribution in [2.24, 2.45) is 0 Å². The highest BCUT2D eigenvalue weighted by molar-refractivity contribution is 5.87. The van der Waals surface area contributed by atoms with E-state index in [0.717, 1.165) is 0 Å². The van der Waals surface area contributed by atoms with E-state index in [-0.39, 0.29) is 5.97 Å². The van der Waals surface area contributed by atoms with Gasteiger partial charge in [-0.2, -0.15) is 0 Å². The van der Waals surface area contributed by atoms with Gasteiger partial charge < -0.3 is 9.84 Å². The van der Waals surface area contributed by atoms with Crippen molar-refractivity contribution < 1.29 is 14.6 Å². The Morgan fingerprint density at radius 2 is 2.00 bits per heavy atom. The van der Waals surface area contributed by atoms with Crippen molar-refractivity contribution >= 4 is 5.97 Å². The Labute approximate surface area is 72.0 Å². The molecule has 1 N–H and O–H groups in total. The van der Waals surface area contributed by atoms with Gasteiger partial charge in [0.05, 0.1) is 5.60 Å². The Morgan fingerprint density at radius 3 is 2.17 bits per heavy atom. The van der Waals surface area contributed by atoms with Gasteiger partial charge in [0.2, 0.25) is 0 Å². The van der Waals surface area contributed by atoms with Gasteiger partial charge in [-0.3, -0.25) is 0 Å². The molecule has 0 atom stereocenters. The third-order valence-corrected chi connectivity index (χ3v) is 1.93. The maximum atomic E-state index is 10.9. The van der Waals surface area contributed by atoms with Crippen LogP contribution in [0.2, 0.25) is 0 Å². The molecule has 1 heterocycles. The normalized spacial score (nSPS) is 22.1. The van der Waals surface area contributed by atoms with Crippen molar-refractivity contribution in [2.75, 3.05) is 0 Å². The predicted molar refractivity (Wildman–Crippen MR) is 44.6 cm³/mol. The van der Waals surface area contributed by atoms with E-state index in [1.54, 1.807) is 27.7 Å². The number of ether oxygens (including phenoxy) is 1. The average molecular weight is 170 g/mol. The van der Waals surface area contributed by atoms with Crippen LogP contribution in [-0.2, 0) is 9.53 Å². The second kappa shape index (κ2) is 2.33. The molecule has 1 rings (SSSR count). The Kier molecular flexibility index (Phi) is 1.80. The highest BCUT2D eigenvalue weighted by Gasteiger charge is 2.41. The summed E-state index contributed by atoms with van der Waals surface area (Å²) in [5.74, 6) is -0.378. The van der Waals surface area contributed by atoms with Gasteiger partial charge in [0.25, 0.3) is 0 Å². The van der Waals surface area contributed by atoms with Crippen LogP contribution in [-0.4, -0.2) is 22.3 Å². The molecule has 3 heteroatoms. The number of aliphatic hydroxyl groups is 1. The zero-order valence-corrected chi connectivity index (χ0v) is 7.84. The Balaban J connectivity index is 3.04. The minimum Gasteiger partial charge on any atom is -0.452 e. The van der Waals surface area contributed by atoms with E-state index in [0.29, 0.717) is 5.57 Å². The number of hydrogen-bond donors (Lipinski definition) is 1. The van der Waals surface area contributed by atoms with Crippen LogP contribution in [0.15, 0.2) is 11.6 Å². The molecule has 3 nitrogen and oxygen atoms in total. The van der Waals surface area contributed by atoms with E-state index in [4.69, 9.17) is 4.74 Å². The highest BCUT2D eigenvalue weighted by atomic mass is 16.6. The topological polar surface area (TPSA) is 46.5 Å². The van der Waals surface area contributed by atoms with E-state index in [1.165, 1.54) is 6.08 Å². The number of esters is 1. The summed E-state index contributed by atoms with van der Waals surface area (Å²) in [7, 11) is 0. The third-order valence-electron chi connectivity index (χ3n) is 1.93. The maximum Gasteiger partial charge on any atom is 0.331 e. The SMILES string of the molecule is CC(C)(O)C1=CC(=O)OC1(C)C. The molecule has 0 aromatic rings. The van der Waals surface area contributed by atoms with Crippen molar-refractivity contribution in [1.82, 2.24) is 0 Å². The molecule has 0 fully saturated rings. The lowest BCUT2D eigenvalue weighted by Crippen LogP contribution is -2.35. The minimum atomic E-state index is -0.990. The maximum absolute atomic E-state index is 10.9. The number of rotatable bonds is 1. The smallest absolute Gasteiger partial charge is 0.331 e. The lowest BCUT2D eigenvalue weighted by molar-refractivity contribution is -0.144. The zero-order chi connectivity index (χ0) is 9.57. The van der Waals surface area contributed by atoms with Crippen molar-refractivity contribution in [3.05, 3.63) is 11.6 Å². The van der Waals surface area contributed by atoms with Crippen molar-refractivity contribution in [3.8, 4) is 0 Å². The summed E-state index contributed by atoms with van der Waals surface area (Å²) in [5, 5.41) is 9.67. The van der Waals surface area contributed by atoms with Gasteiger partial charge in [0, 0.05) is 11.6 Å². The van der Waals surface area contributed by atoms with Crippen LogP contribution in [0.1, 0.15) is 27.7 Å². The molecule has 12 heavy (non-hydrogen) atoms. The highest BCUT2D eigenvalue weighted by Crippen LogP contribution is 2.34. The number of carbonyl (C=O) groups is 1. The quantitative estimate of drug-likeness (QED) is 0.597. The minimum absolute atomic E-state index is 0.378. The van der Waals surface area contributed by atoms with Crippen molar-refractivity contribution in [1.29, 1.82) is 0 Å². The Hall–Kier alpha value is -0.830. The van der Waals surface area contributed by atoms with E-state index in [2.05, 4.69) is 0 Å². The molecule has 0 saturated heterocycles. The van der Waals surface area contributed by atoms with Crippen LogP contribution in [0.5, 0.6) is 0 Å². The van der Waals surface area contributed by atoms with Gasteiger partial charge >= 0.3 is 5.97 Å². The van der Waals surface area contributed by atoms with Gasteiger partial charge in [-0.1, -0.05) is 0 Å². The third kappa shape index (κ3) is 1.50. The molecule has 0 aliphatic carbocycles. The van der Waals surface area contributed by atoms with Gasteiger partial charge in [-0.05, 0) is 27.7 Å². The second-order valence-corrected chi connectivity index (χ2v) is 4.05. The molecule has 0 spiro atoms. The lowest BCUT2D eigenvalue weighted by Gasteiger charge is -2.29. The first-order valence-corrected chi connectivity index (χ1v) is 3.91. The molecule has 0 aromatic heterocycles. The van der Waals surface area contributed by atoms with Gasteiger partial charge in [0.15, 0.2) is 0 Å². The fraction of sp³-hybridized carbons (Fsp3) is 0.667. The van der Waals surface area contributed by atoms with Crippen LogP contribution < -0.4 is 0 Å². The van der Waals surface area contributed by atoms with Gasteiger partial charge in [-0.25, -0.2) is 4.79 Å². The number of hydrogen-bond acceptors (Lipinski definition) is 3. The molecule has 0 saturated carbocycles. The Morgan fingerprint density at radius 1 is 1.50 bits per heavy atom. The van der Waals surface area contributed by atoms with Crippen LogP contribution in [0.3, 0.4) is 0 Å². The number of carbonyl (C=O) groups excluding carboxylic acids is 1. The Bertz CT molecular complexity index is 243. The van der Waals surface area contributed by atoms with Crippen LogP contribution in [0, 0.1) is 0 Å². The summed E-state index contributed by atoms with van der Waals surface area (Å²) in [6, 6.07) is 0. The van der Waals surface area contributed by atoms with E-state index in [1.807, 2.05) is 0 Å². The molecule has 1 aliphatic heterocycles. The molecule has 0 unspecified atom stereocenters. The molecule has 68 valence electrons. The summed E-state index contributed by atoms with van der Waals surface area (Å²) in [4.78, 5) is 10.9. The largest absolute Gasteiger partial charge is 0.452 e. The molecule has 0 amide bonds. The fourth-order valence-corrected chi connectivity index (χ4v) is 1.54. The standard InChI is InChI=1S/C9H14O3/c1-8(2,11)6-5-7(10)12-9(6,3)4/h5,11H,1-4H3. The van der Waals surface area contributed by atoms with Crippen molar-refractivity contribution in [3.63, 3.8) is 0 Å². The zero-order valence-electron chi connectivity index (χ0n) is 7.84. The van der Waals surface area contributed by atoms with Gasteiger partial charge in [0.1, 0.15) is 5.60 Å². The van der Waals surface area contributed by atoms with E-state index >= 15 is 0 Å². The second-order valence-electron chi connectivity index (χ2n) is 4.05. The van der Waals surface area contributed by atoms with E-state index < -0.39 is 11.2 Å². The monoisotopic (exact) mass is 170 g/mol. The first-order chi connectivity index (χ1) is 5.23. The first-order valence-electron chi connectivity index (χ1n) is 3.91. The molecule has 0 bridgehead atoms. The summed E-state index contributed by atoms with van der Waals surface area (Å²) < 4.78 is 5.00. The number of cyclic esters (lactones) is 1. The molecule has 0 aromatic carbocycles. The molecular weight excluding hydrogens is 156 g/mol. The predicted octanol–water partition coefficient (Wildman–Crippen LogP) is 1.02. The summed E-state index contributed by atoms with van der Waals surface area (Å²) in [6.07, 6.45) is 1.36. The van der Waals surface area contributed by atoms with E-state index in [9.17, 15) is 9.90 Å². The van der Waals surface area contributed by atoms with Crippen LogP contribution >= 0.6 is 0 Å². The molecular formula is C9H14O3. The molecule has 0 radical (unpaired) electrons. The summed E-state index contributed by atoms with van der Waals surface area (Å²) in [5.41, 5.74) is -1.04. The lowest BCUT2D eigenvalue weighted by atomic mass is 9.86. The first kappa shape index (κ1) is 9.26. The summed E-state index contributed by atoms with van der Waals surface area (Å²) >= 11 is 0. The van der Waals surface area contributed by atoms with Crippen molar-refractivity contribution in [2.45, 2.75) is 38.9 Å². The summed E-state index contributed by atoms with van der Waals surface area (Å²) in [6.45, 7) is 6.81. The molecule has 1 aliphatic rings. The fourth-order valence-electron chi connectivity index (χ4n) is 1.54. The van der Waals surface area contributed by atoms with Crippen LogP contribution in [0.25, 0.3) is 0 Å².